The second-order valence-corrected chi connectivity index (χ2v) is 16.5. The normalized spacial score (nSPS) is 11.9. The van der Waals surface area contributed by atoms with E-state index >= 15 is 0 Å². The van der Waals surface area contributed by atoms with Gasteiger partial charge in [0.15, 0.2) is 0 Å². The van der Waals surface area contributed by atoms with Crippen LogP contribution in [0.1, 0.15) is 0 Å². The van der Waals surface area contributed by atoms with Crippen molar-refractivity contribution in [2.24, 2.45) is 0 Å². The van der Waals surface area contributed by atoms with Gasteiger partial charge in [-0.3, -0.25) is 0 Å². The van der Waals surface area contributed by atoms with Crippen molar-refractivity contribution in [3.05, 3.63) is 224 Å². The Morgan fingerprint density at radius 3 is 1.44 bits per heavy atom. The lowest BCUT2D eigenvalue weighted by molar-refractivity contribution is 1.43. The zero-order valence-corrected chi connectivity index (χ0v) is 33.8. The molecule has 0 aliphatic carbocycles. The zero-order valence-electron chi connectivity index (χ0n) is 33.8. The smallest absolute Gasteiger partial charge is 0.0788 e. The Bertz CT molecular complexity index is 3980. The molecule has 1 nitrogen and oxygen atoms in total. The molecule has 0 fully saturated rings. The summed E-state index contributed by atoms with van der Waals surface area (Å²) in [6.07, 6.45) is 0. The lowest BCUT2D eigenvalue weighted by atomic mass is 9.82. The number of hydrogen-bond acceptors (Lipinski definition) is 1. The number of aromatic nitrogens is 1. The highest BCUT2D eigenvalue weighted by Crippen LogP contribution is 2.49. The van der Waals surface area contributed by atoms with Gasteiger partial charge in [-0.05, 0) is 122 Å². The SMILES string of the molecule is c1ccc2cc(-c3nc4ccccc4c4c3cc(-c3ccc5c(-c6cccc7ccccc67)c6ccccc6c(-c6cccc7ccccc67)c5c3)c3ccccc34)ccc2c1. The van der Waals surface area contributed by atoms with Crippen molar-refractivity contribution in [1.29, 1.82) is 0 Å². The highest BCUT2D eigenvalue weighted by Gasteiger charge is 2.22. The highest BCUT2D eigenvalue weighted by atomic mass is 14.7. The molecule has 0 saturated carbocycles. The lowest BCUT2D eigenvalue weighted by Gasteiger charge is -2.21. The van der Waals surface area contributed by atoms with Crippen LogP contribution in [0.5, 0.6) is 0 Å². The Kier molecular flexibility index (Phi) is 7.67. The molecule has 0 aliphatic rings. The molecule has 0 radical (unpaired) electrons. The molecule has 13 aromatic rings. The van der Waals surface area contributed by atoms with E-state index in [0.717, 1.165) is 27.5 Å². The van der Waals surface area contributed by atoms with E-state index in [4.69, 9.17) is 4.98 Å². The molecule has 12 aromatic carbocycles. The summed E-state index contributed by atoms with van der Waals surface area (Å²) in [5.74, 6) is 0. The van der Waals surface area contributed by atoms with Gasteiger partial charge < -0.3 is 0 Å². The monoisotopic (exact) mass is 783 g/mol. The summed E-state index contributed by atoms with van der Waals surface area (Å²) in [6, 6.07) is 82.7. The molecule has 0 spiro atoms. The van der Waals surface area contributed by atoms with Gasteiger partial charge in [0, 0.05) is 21.7 Å². The number of nitrogens with zero attached hydrogens (tertiary/aromatic N) is 1. The number of rotatable bonds is 4. The van der Waals surface area contributed by atoms with Crippen molar-refractivity contribution in [3.8, 4) is 44.6 Å². The van der Waals surface area contributed by atoms with Crippen molar-refractivity contribution in [2.45, 2.75) is 0 Å². The predicted molar refractivity (Wildman–Crippen MR) is 266 cm³/mol. The number of fused-ring (bicyclic) bond motifs is 10. The predicted octanol–water partition coefficient (Wildman–Crippen LogP) is 17.0. The molecule has 0 saturated heterocycles. The molecule has 0 amide bonds. The molecular weight excluding hydrogens is 747 g/mol. The summed E-state index contributed by atoms with van der Waals surface area (Å²) in [6.45, 7) is 0. The molecule has 0 aliphatic heterocycles. The maximum absolute atomic E-state index is 5.46. The molecule has 1 aromatic heterocycles. The average Bonchev–Trinajstić information content (AvgIpc) is 3.34. The first-order valence-corrected chi connectivity index (χ1v) is 21.5. The molecule has 1 heterocycles. The molecule has 13 rings (SSSR count). The first-order valence-electron chi connectivity index (χ1n) is 21.5. The Balaban J connectivity index is 1.18. The molecular formula is C61H37N. The standard InChI is InChI=1S/C61H37N/c1-2-18-41-35-43(32-31-38(41)15-1)61-56-37-54(46-23-7-8-24-49(46)60(56)53-27-11-12-30-57(53)62-61)42-33-34-52-55(36-42)59(48-29-14-20-40-17-4-6-22-45(40)48)51-26-10-9-25-50(51)58(52)47-28-13-19-39-16-3-5-21-44(39)47/h1-37H. The zero-order chi connectivity index (χ0) is 40.7. The summed E-state index contributed by atoms with van der Waals surface area (Å²) in [7, 11) is 0. The fourth-order valence-corrected chi connectivity index (χ4v) is 10.4. The van der Waals surface area contributed by atoms with E-state index in [-0.39, 0.29) is 0 Å². The third kappa shape index (κ3) is 5.25. The fourth-order valence-electron chi connectivity index (χ4n) is 10.4. The molecule has 286 valence electrons. The van der Waals surface area contributed by atoms with Gasteiger partial charge in [0.05, 0.1) is 11.2 Å². The quantitative estimate of drug-likeness (QED) is 0.128. The van der Waals surface area contributed by atoms with Gasteiger partial charge in [0.25, 0.3) is 0 Å². The van der Waals surface area contributed by atoms with Crippen molar-refractivity contribution in [1.82, 2.24) is 4.98 Å². The van der Waals surface area contributed by atoms with Gasteiger partial charge >= 0.3 is 0 Å². The van der Waals surface area contributed by atoms with Crippen LogP contribution in [0.25, 0.3) is 131 Å². The number of hydrogen-bond donors (Lipinski definition) is 0. The lowest BCUT2D eigenvalue weighted by Crippen LogP contribution is -1.94. The van der Waals surface area contributed by atoms with Crippen LogP contribution in [0.4, 0.5) is 0 Å². The Hall–Kier alpha value is -8.13. The van der Waals surface area contributed by atoms with Crippen molar-refractivity contribution in [2.75, 3.05) is 0 Å². The van der Waals surface area contributed by atoms with Crippen LogP contribution in [0, 0.1) is 0 Å². The summed E-state index contributed by atoms with van der Waals surface area (Å²) < 4.78 is 0. The van der Waals surface area contributed by atoms with Crippen LogP contribution in [0.15, 0.2) is 224 Å². The van der Waals surface area contributed by atoms with Gasteiger partial charge in [-0.1, -0.05) is 200 Å². The Labute approximate surface area is 358 Å². The Morgan fingerprint density at radius 1 is 0.242 bits per heavy atom. The van der Waals surface area contributed by atoms with Crippen LogP contribution >= 0.6 is 0 Å². The van der Waals surface area contributed by atoms with E-state index < -0.39 is 0 Å². The third-order valence-corrected chi connectivity index (χ3v) is 13.2. The van der Waals surface area contributed by atoms with Crippen molar-refractivity contribution in [3.63, 3.8) is 0 Å². The van der Waals surface area contributed by atoms with Gasteiger partial charge in [-0.15, -0.1) is 0 Å². The molecule has 0 bridgehead atoms. The average molecular weight is 784 g/mol. The van der Waals surface area contributed by atoms with E-state index in [1.54, 1.807) is 0 Å². The first-order chi connectivity index (χ1) is 30.8. The van der Waals surface area contributed by atoms with E-state index in [1.807, 2.05) is 0 Å². The maximum atomic E-state index is 5.46. The summed E-state index contributed by atoms with van der Waals surface area (Å²) in [5.41, 5.74) is 10.5. The second-order valence-electron chi connectivity index (χ2n) is 16.5. The number of benzene rings is 12. The molecule has 0 N–H and O–H groups in total. The minimum absolute atomic E-state index is 0.998. The van der Waals surface area contributed by atoms with Crippen LogP contribution in [0.3, 0.4) is 0 Å². The summed E-state index contributed by atoms with van der Waals surface area (Å²) >= 11 is 0. The van der Waals surface area contributed by atoms with Crippen LogP contribution in [-0.2, 0) is 0 Å². The van der Waals surface area contributed by atoms with Gasteiger partial charge in [0.1, 0.15) is 0 Å². The Morgan fingerprint density at radius 2 is 0.742 bits per heavy atom. The van der Waals surface area contributed by atoms with Crippen LogP contribution in [-0.4, -0.2) is 4.98 Å². The maximum Gasteiger partial charge on any atom is 0.0788 e. The molecule has 0 unspecified atom stereocenters. The van der Waals surface area contributed by atoms with E-state index in [2.05, 4.69) is 224 Å². The van der Waals surface area contributed by atoms with E-state index in [0.29, 0.717) is 0 Å². The number of para-hydroxylation sites is 1. The van der Waals surface area contributed by atoms with Gasteiger partial charge in [-0.2, -0.15) is 0 Å². The highest BCUT2D eigenvalue weighted by molar-refractivity contribution is 6.28. The fraction of sp³-hybridized carbons (Fsp3) is 0. The van der Waals surface area contributed by atoms with Crippen LogP contribution in [0.2, 0.25) is 0 Å². The molecule has 0 atom stereocenters. The summed E-state index contributed by atoms with van der Waals surface area (Å²) in [5, 5.41) is 18.4. The van der Waals surface area contributed by atoms with Crippen molar-refractivity contribution < 1.29 is 0 Å². The molecule has 1 heteroatoms. The van der Waals surface area contributed by atoms with Gasteiger partial charge in [-0.25, -0.2) is 4.98 Å². The topological polar surface area (TPSA) is 12.9 Å². The molecule has 62 heavy (non-hydrogen) atoms. The first kappa shape index (κ1) is 34.7. The minimum atomic E-state index is 0.998. The van der Waals surface area contributed by atoms with Crippen molar-refractivity contribution >= 4 is 86.3 Å². The number of pyridine rings is 1. The van der Waals surface area contributed by atoms with E-state index in [9.17, 15) is 0 Å². The van der Waals surface area contributed by atoms with Gasteiger partial charge in [0.2, 0.25) is 0 Å². The summed E-state index contributed by atoms with van der Waals surface area (Å²) in [4.78, 5) is 5.46. The third-order valence-electron chi connectivity index (χ3n) is 13.2. The van der Waals surface area contributed by atoms with Crippen LogP contribution < -0.4 is 0 Å². The largest absolute Gasteiger partial charge is 0.247 e. The van der Waals surface area contributed by atoms with E-state index in [1.165, 1.54) is 103 Å². The second kappa shape index (κ2) is 13.7. The minimum Gasteiger partial charge on any atom is -0.247 e.